The van der Waals surface area contributed by atoms with Crippen LogP contribution < -0.4 is 5.32 Å². The molecule has 1 heterocycles. The van der Waals surface area contributed by atoms with Crippen molar-refractivity contribution in [2.75, 3.05) is 32.1 Å². The number of pyridine rings is 1. The number of nitrogens with zero attached hydrogens (tertiary/aromatic N) is 2. The Morgan fingerprint density at radius 2 is 1.88 bits per heavy atom. The number of carbonyl (C=O) groups is 2. The standard InChI is InChI=1S/C19H23N3O2S/c1-4-25-13-12-21-18(23)15-9-7-14(8-10-15)17-16(6-5-11-20-17)19(24)22(2)3/h5-11H,4,12-13H2,1-3H3,(H,21,23). The molecule has 1 N–H and O–H groups in total. The van der Waals surface area contributed by atoms with Crippen molar-refractivity contribution in [3.63, 3.8) is 0 Å². The average Bonchev–Trinajstić information content (AvgIpc) is 2.64. The summed E-state index contributed by atoms with van der Waals surface area (Å²) in [5, 5.41) is 2.90. The van der Waals surface area contributed by atoms with Crippen molar-refractivity contribution in [1.29, 1.82) is 0 Å². The van der Waals surface area contributed by atoms with Gasteiger partial charge in [-0.1, -0.05) is 19.1 Å². The summed E-state index contributed by atoms with van der Waals surface area (Å²) >= 11 is 1.79. The maximum atomic E-state index is 12.3. The van der Waals surface area contributed by atoms with Gasteiger partial charge >= 0.3 is 0 Å². The highest BCUT2D eigenvalue weighted by atomic mass is 32.2. The number of thioether (sulfide) groups is 1. The van der Waals surface area contributed by atoms with Crippen LogP contribution in [0.4, 0.5) is 0 Å². The SMILES string of the molecule is CCSCCNC(=O)c1ccc(-c2ncccc2C(=O)N(C)C)cc1. The van der Waals surface area contributed by atoms with Gasteiger partial charge in [-0.25, -0.2) is 0 Å². The third kappa shape index (κ3) is 5.06. The Hall–Kier alpha value is -2.34. The summed E-state index contributed by atoms with van der Waals surface area (Å²) < 4.78 is 0. The topological polar surface area (TPSA) is 62.3 Å². The lowest BCUT2D eigenvalue weighted by Gasteiger charge is -2.13. The van der Waals surface area contributed by atoms with Crippen LogP contribution in [0.5, 0.6) is 0 Å². The molecule has 0 radical (unpaired) electrons. The van der Waals surface area contributed by atoms with Crippen LogP contribution in [-0.4, -0.2) is 53.8 Å². The molecule has 1 aromatic heterocycles. The molecular weight excluding hydrogens is 334 g/mol. The van der Waals surface area contributed by atoms with E-state index in [1.54, 1.807) is 56.3 Å². The third-order valence-corrected chi connectivity index (χ3v) is 4.50. The Morgan fingerprint density at radius 3 is 2.52 bits per heavy atom. The number of benzene rings is 1. The number of amides is 2. The average molecular weight is 357 g/mol. The van der Waals surface area contributed by atoms with Crippen molar-refractivity contribution in [3.8, 4) is 11.3 Å². The van der Waals surface area contributed by atoms with Crippen LogP contribution >= 0.6 is 11.8 Å². The number of rotatable bonds is 7. The minimum atomic E-state index is -0.0988. The molecule has 5 nitrogen and oxygen atoms in total. The zero-order chi connectivity index (χ0) is 18.2. The van der Waals surface area contributed by atoms with E-state index < -0.39 is 0 Å². The van der Waals surface area contributed by atoms with Crippen molar-refractivity contribution in [2.45, 2.75) is 6.92 Å². The summed E-state index contributed by atoms with van der Waals surface area (Å²) in [6, 6.07) is 10.7. The van der Waals surface area contributed by atoms with E-state index in [1.165, 1.54) is 4.90 Å². The summed E-state index contributed by atoms with van der Waals surface area (Å²) in [7, 11) is 3.42. The first-order chi connectivity index (χ1) is 12.0. The maximum absolute atomic E-state index is 12.3. The lowest BCUT2D eigenvalue weighted by molar-refractivity contribution is 0.0827. The van der Waals surface area contributed by atoms with Crippen LogP contribution in [0.25, 0.3) is 11.3 Å². The lowest BCUT2D eigenvalue weighted by Crippen LogP contribution is -2.25. The zero-order valence-corrected chi connectivity index (χ0v) is 15.6. The molecule has 2 amide bonds. The van der Waals surface area contributed by atoms with Gasteiger partial charge in [0.2, 0.25) is 0 Å². The van der Waals surface area contributed by atoms with Crippen LogP contribution in [0.3, 0.4) is 0 Å². The summed E-state index contributed by atoms with van der Waals surface area (Å²) in [6.45, 7) is 2.75. The quantitative estimate of drug-likeness (QED) is 0.774. The Balaban J connectivity index is 2.15. The number of aromatic nitrogens is 1. The first-order valence-electron chi connectivity index (χ1n) is 8.17. The zero-order valence-electron chi connectivity index (χ0n) is 14.8. The molecule has 0 spiro atoms. The van der Waals surface area contributed by atoms with Gasteiger partial charge in [-0.05, 0) is 30.0 Å². The fourth-order valence-electron chi connectivity index (χ4n) is 2.31. The highest BCUT2D eigenvalue weighted by Crippen LogP contribution is 2.22. The van der Waals surface area contributed by atoms with Crippen molar-refractivity contribution >= 4 is 23.6 Å². The van der Waals surface area contributed by atoms with E-state index in [4.69, 9.17) is 0 Å². The third-order valence-electron chi connectivity index (χ3n) is 3.60. The highest BCUT2D eigenvalue weighted by molar-refractivity contribution is 7.99. The molecule has 0 aliphatic carbocycles. The predicted molar refractivity (Wildman–Crippen MR) is 103 cm³/mol. The van der Waals surface area contributed by atoms with Gasteiger partial charge in [-0.2, -0.15) is 11.8 Å². The second-order valence-electron chi connectivity index (χ2n) is 5.63. The number of carbonyl (C=O) groups excluding carboxylic acids is 2. The van der Waals surface area contributed by atoms with Gasteiger partial charge < -0.3 is 10.2 Å². The molecule has 0 saturated heterocycles. The lowest BCUT2D eigenvalue weighted by atomic mass is 10.0. The smallest absolute Gasteiger partial charge is 0.255 e. The normalized spacial score (nSPS) is 10.4. The predicted octanol–water partition coefficient (Wildman–Crippen LogP) is 2.93. The summed E-state index contributed by atoms with van der Waals surface area (Å²) in [5.74, 6) is 1.76. The molecule has 6 heteroatoms. The number of nitrogens with one attached hydrogen (secondary N) is 1. The monoisotopic (exact) mass is 357 g/mol. The van der Waals surface area contributed by atoms with Gasteiger partial charge in [0, 0.05) is 43.7 Å². The largest absolute Gasteiger partial charge is 0.351 e. The molecule has 0 unspecified atom stereocenters. The van der Waals surface area contributed by atoms with Gasteiger partial charge in [-0.15, -0.1) is 0 Å². The van der Waals surface area contributed by atoms with Gasteiger partial charge in [0.15, 0.2) is 0 Å². The molecule has 0 atom stereocenters. The molecule has 0 saturated carbocycles. The van der Waals surface area contributed by atoms with Gasteiger partial charge in [0.1, 0.15) is 0 Å². The van der Waals surface area contributed by atoms with Crippen LogP contribution in [0.2, 0.25) is 0 Å². The first kappa shape index (κ1) is 19.0. The molecular formula is C19H23N3O2S. The summed E-state index contributed by atoms with van der Waals surface area (Å²) in [4.78, 5) is 30.3. The van der Waals surface area contributed by atoms with E-state index in [0.29, 0.717) is 23.4 Å². The number of hydrogen-bond donors (Lipinski definition) is 1. The highest BCUT2D eigenvalue weighted by Gasteiger charge is 2.15. The molecule has 0 aliphatic heterocycles. The van der Waals surface area contributed by atoms with Gasteiger partial charge in [0.05, 0.1) is 11.3 Å². The van der Waals surface area contributed by atoms with Crippen LogP contribution in [0, 0.1) is 0 Å². The summed E-state index contributed by atoms with van der Waals surface area (Å²) in [6.07, 6.45) is 1.66. The van der Waals surface area contributed by atoms with Gasteiger partial charge in [-0.3, -0.25) is 14.6 Å². The molecule has 25 heavy (non-hydrogen) atoms. The van der Waals surface area contributed by atoms with Crippen molar-refractivity contribution in [3.05, 3.63) is 53.7 Å². The van der Waals surface area contributed by atoms with E-state index in [-0.39, 0.29) is 11.8 Å². The van der Waals surface area contributed by atoms with Crippen LogP contribution in [-0.2, 0) is 0 Å². The fraction of sp³-hybridized carbons (Fsp3) is 0.316. The molecule has 132 valence electrons. The minimum Gasteiger partial charge on any atom is -0.351 e. The Kier molecular flexibility index (Phi) is 7.01. The van der Waals surface area contributed by atoms with E-state index in [2.05, 4.69) is 17.2 Å². The van der Waals surface area contributed by atoms with Crippen LogP contribution in [0.15, 0.2) is 42.6 Å². The first-order valence-corrected chi connectivity index (χ1v) is 9.33. The second kappa shape index (κ2) is 9.22. The molecule has 1 aromatic carbocycles. The van der Waals surface area contributed by atoms with E-state index in [9.17, 15) is 9.59 Å². The van der Waals surface area contributed by atoms with Crippen molar-refractivity contribution in [1.82, 2.24) is 15.2 Å². The fourth-order valence-corrected chi connectivity index (χ4v) is 2.85. The Bertz CT molecular complexity index is 730. The molecule has 0 bridgehead atoms. The minimum absolute atomic E-state index is 0.0890. The second-order valence-corrected chi connectivity index (χ2v) is 7.02. The van der Waals surface area contributed by atoms with Crippen molar-refractivity contribution in [2.24, 2.45) is 0 Å². The van der Waals surface area contributed by atoms with E-state index in [0.717, 1.165) is 17.1 Å². The molecule has 0 aliphatic rings. The number of hydrogen-bond acceptors (Lipinski definition) is 4. The Labute approximate surface area is 152 Å². The van der Waals surface area contributed by atoms with E-state index >= 15 is 0 Å². The molecule has 2 rings (SSSR count). The Morgan fingerprint density at radius 1 is 1.16 bits per heavy atom. The van der Waals surface area contributed by atoms with Gasteiger partial charge in [0.25, 0.3) is 11.8 Å². The molecule has 2 aromatic rings. The van der Waals surface area contributed by atoms with Crippen molar-refractivity contribution < 1.29 is 9.59 Å². The maximum Gasteiger partial charge on any atom is 0.255 e. The summed E-state index contributed by atoms with van der Waals surface area (Å²) in [5.41, 5.74) is 2.57. The van der Waals surface area contributed by atoms with Crippen LogP contribution in [0.1, 0.15) is 27.6 Å². The van der Waals surface area contributed by atoms with E-state index in [1.807, 2.05) is 12.1 Å². The molecule has 0 fully saturated rings.